The first kappa shape index (κ1) is 33.2. The highest BCUT2D eigenvalue weighted by atomic mass is 32.2. The molecule has 0 aliphatic carbocycles. The van der Waals surface area contributed by atoms with E-state index in [4.69, 9.17) is 10.2 Å². The van der Waals surface area contributed by atoms with Gasteiger partial charge in [0.05, 0.1) is 25.6 Å². The molecule has 0 radical (unpaired) electrons. The summed E-state index contributed by atoms with van der Waals surface area (Å²) in [5.41, 5.74) is 4.16. The van der Waals surface area contributed by atoms with Crippen molar-refractivity contribution < 1.29 is 60.7 Å². The van der Waals surface area contributed by atoms with E-state index in [1.165, 1.54) is 11.8 Å². The molecule has 0 aromatic rings. The molecule has 0 aromatic heterocycles. The molecular weight excluding hydrogens is 496 g/mol. The van der Waals surface area contributed by atoms with Crippen molar-refractivity contribution in [1.29, 1.82) is 0 Å². The van der Waals surface area contributed by atoms with Crippen molar-refractivity contribution in [2.75, 3.05) is 24.7 Å². The van der Waals surface area contributed by atoms with E-state index in [0.717, 1.165) is 12.4 Å². The number of nitrogens with zero attached hydrogens (tertiary/aromatic N) is 2. The average Bonchev–Trinajstić information content (AvgIpc) is 2.85. The molecule has 17 heteroatoms. The number of thioether (sulfide) groups is 1. The van der Waals surface area contributed by atoms with E-state index >= 15 is 0 Å². The number of nitrogens with one attached hydrogen (secondary N) is 2. The third-order valence-electron chi connectivity index (χ3n) is 4.34. The van der Waals surface area contributed by atoms with Crippen LogP contribution < -0.4 is 10.9 Å². The second-order valence-electron chi connectivity index (χ2n) is 7.18. The van der Waals surface area contributed by atoms with Crippen LogP contribution in [0.15, 0.2) is 10.2 Å². The Bertz CT molecular complexity index is 619. The minimum absolute atomic E-state index is 0.00161. The Morgan fingerprint density at radius 1 is 0.657 bits per heavy atom. The molecule has 0 spiro atoms. The Morgan fingerprint density at radius 2 is 1.00 bits per heavy atom. The average molecular weight is 531 g/mol. The molecule has 204 valence electrons. The number of aliphatic hydroxyl groups is 10. The number of amides is 2. The van der Waals surface area contributed by atoms with Gasteiger partial charge in [-0.3, -0.25) is 9.59 Å². The highest BCUT2D eigenvalue weighted by molar-refractivity contribution is 7.99. The molecule has 0 unspecified atom stereocenters. The van der Waals surface area contributed by atoms with Crippen molar-refractivity contribution in [3.05, 3.63) is 0 Å². The lowest BCUT2D eigenvalue weighted by atomic mass is 10.0. The van der Waals surface area contributed by atoms with Gasteiger partial charge in [0, 0.05) is 24.3 Å². The Morgan fingerprint density at radius 3 is 1.31 bits per heavy atom. The van der Waals surface area contributed by atoms with E-state index < -0.39 is 73.9 Å². The molecule has 8 atom stereocenters. The molecule has 0 aromatic carbocycles. The van der Waals surface area contributed by atoms with Gasteiger partial charge in [-0.25, -0.2) is 10.9 Å². The molecular formula is C18H34N4O12S. The lowest BCUT2D eigenvalue weighted by Crippen LogP contribution is -2.46. The summed E-state index contributed by atoms with van der Waals surface area (Å²) in [5, 5.41) is 99.9. The molecule has 0 heterocycles. The maximum atomic E-state index is 11.7. The molecule has 0 bridgehead atoms. The normalized spacial score (nSPS) is 19.0. The Kier molecular flexibility index (Phi) is 17.6. The maximum Gasteiger partial charge on any atom is 0.240 e. The van der Waals surface area contributed by atoms with Crippen LogP contribution in [0.5, 0.6) is 0 Å². The van der Waals surface area contributed by atoms with E-state index in [1.54, 1.807) is 0 Å². The molecule has 0 fully saturated rings. The van der Waals surface area contributed by atoms with Crippen LogP contribution in [0.3, 0.4) is 0 Å². The monoisotopic (exact) mass is 530 g/mol. The molecule has 35 heavy (non-hydrogen) atoms. The molecule has 12 N–H and O–H groups in total. The van der Waals surface area contributed by atoms with Crippen molar-refractivity contribution in [3.63, 3.8) is 0 Å². The van der Waals surface area contributed by atoms with Crippen molar-refractivity contribution >= 4 is 36.0 Å². The Balaban J connectivity index is 4.08. The number of hydrogen-bond donors (Lipinski definition) is 12. The van der Waals surface area contributed by atoms with Gasteiger partial charge in [0.15, 0.2) is 0 Å². The molecule has 0 aliphatic rings. The molecule has 16 nitrogen and oxygen atoms in total. The highest BCUT2D eigenvalue weighted by Gasteiger charge is 2.30. The van der Waals surface area contributed by atoms with Gasteiger partial charge in [0.2, 0.25) is 11.8 Å². The standard InChI is InChI=1S/C18H34N4O12S/c23-7-11(27)17(33)15(31)9(25)5-19-21-13(29)1-3-35-4-2-14(30)22-20-6-10(26)16(32)18(34)12(28)8-24/h5-6,9-12,15-18,23-28,31-34H,1-4,7-8H2,(H,21,29)(H,22,30)/b19-5+,20-6+/t9-,10-,11+,12+,15-,16-,17+,18+/m0/s1. The molecule has 0 saturated heterocycles. The fraction of sp³-hybridized carbons (Fsp3) is 0.778. The van der Waals surface area contributed by atoms with E-state index in [0.29, 0.717) is 11.5 Å². The van der Waals surface area contributed by atoms with Crippen LogP contribution in [0.4, 0.5) is 0 Å². The van der Waals surface area contributed by atoms with Crippen LogP contribution in [0, 0.1) is 0 Å². The van der Waals surface area contributed by atoms with E-state index in [-0.39, 0.29) is 12.8 Å². The largest absolute Gasteiger partial charge is 0.394 e. The lowest BCUT2D eigenvalue weighted by Gasteiger charge is -2.23. The summed E-state index contributed by atoms with van der Waals surface area (Å²) >= 11 is 1.25. The highest BCUT2D eigenvalue weighted by Crippen LogP contribution is 2.06. The molecule has 0 aliphatic heterocycles. The number of hydrogen-bond acceptors (Lipinski definition) is 15. The van der Waals surface area contributed by atoms with Gasteiger partial charge in [-0.2, -0.15) is 22.0 Å². The maximum absolute atomic E-state index is 11.7. The summed E-state index contributed by atoms with van der Waals surface area (Å²) in [6, 6.07) is 0. The second-order valence-corrected chi connectivity index (χ2v) is 8.41. The fourth-order valence-corrected chi connectivity index (χ4v) is 3.03. The number of rotatable bonds is 18. The van der Waals surface area contributed by atoms with Gasteiger partial charge in [-0.15, -0.1) is 0 Å². The van der Waals surface area contributed by atoms with Gasteiger partial charge < -0.3 is 51.1 Å². The van der Waals surface area contributed by atoms with Crippen LogP contribution in [-0.4, -0.2) is 149 Å². The summed E-state index contributed by atoms with van der Waals surface area (Å²) < 4.78 is 0. The zero-order valence-electron chi connectivity index (χ0n) is 18.6. The zero-order valence-corrected chi connectivity index (χ0v) is 19.4. The summed E-state index contributed by atoms with van der Waals surface area (Å²) in [5.74, 6) is -0.469. The van der Waals surface area contributed by atoms with Gasteiger partial charge in [0.1, 0.15) is 48.8 Å². The number of aliphatic hydroxyl groups excluding tert-OH is 10. The lowest BCUT2D eigenvalue weighted by molar-refractivity contribution is -0.121. The van der Waals surface area contributed by atoms with Crippen LogP contribution in [0.2, 0.25) is 0 Å². The van der Waals surface area contributed by atoms with Gasteiger partial charge in [-0.05, 0) is 0 Å². The van der Waals surface area contributed by atoms with Crippen LogP contribution in [0.25, 0.3) is 0 Å². The number of hydrazone groups is 2. The molecule has 0 rings (SSSR count). The summed E-state index contributed by atoms with van der Waals surface area (Å²) in [6.45, 7) is -1.66. The first-order chi connectivity index (χ1) is 16.5. The predicted molar refractivity (Wildman–Crippen MR) is 122 cm³/mol. The first-order valence-electron chi connectivity index (χ1n) is 10.3. The minimum Gasteiger partial charge on any atom is -0.394 e. The Hall–Kier alpha value is -1.77. The fourth-order valence-electron chi connectivity index (χ4n) is 2.17. The van der Waals surface area contributed by atoms with Crippen molar-refractivity contribution in [1.82, 2.24) is 10.9 Å². The van der Waals surface area contributed by atoms with Crippen LogP contribution in [-0.2, 0) is 9.59 Å². The number of carbonyl (C=O) groups excluding carboxylic acids is 2. The smallest absolute Gasteiger partial charge is 0.240 e. The summed E-state index contributed by atoms with van der Waals surface area (Å²) in [6.07, 6.45) is -12.6. The first-order valence-corrected chi connectivity index (χ1v) is 11.5. The quantitative estimate of drug-likeness (QED) is 0.0446. The minimum atomic E-state index is -1.84. The van der Waals surface area contributed by atoms with E-state index in [9.17, 15) is 50.4 Å². The molecule has 2 amide bonds. The molecule has 0 saturated carbocycles. The summed E-state index contributed by atoms with van der Waals surface area (Å²) in [4.78, 5) is 23.3. The second kappa shape index (κ2) is 18.5. The third-order valence-corrected chi connectivity index (χ3v) is 5.33. The third kappa shape index (κ3) is 13.8. The van der Waals surface area contributed by atoms with Crippen LogP contribution in [0.1, 0.15) is 12.8 Å². The summed E-state index contributed by atoms with van der Waals surface area (Å²) in [7, 11) is 0. The van der Waals surface area contributed by atoms with Gasteiger partial charge in [-0.1, -0.05) is 0 Å². The van der Waals surface area contributed by atoms with Crippen molar-refractivity contribution in [3.8, 4) is 0 Å². The SMILES string of the molecule is O=C(CCSCCC(=O)N/N=C/[C@H](O)[C@H](O)[C@H](O)[C@H](O)CO)N/N=C/[C@H](O)[C@H](O)[C@H](O)[C@H](O)CO. The topological polar surface area (TPSA) is 285 Å². The zero-order chi connectivity index (χ0) is 27.0. The number of carbonyl (C=O) groups is 2. The van der Waals surface area contributed by atoms with Crippen molar-refractivity contribution in [2.24, 2.45) is 10.2 Å². The van der Waals surface area contributed by atoms with Gasteiger partial charge >= 0.3 is 0 Å². The van der Waals surface area contributed by atoms with E-state index in [2.05, 4.69) is 21.1 Å². The Labute approximate surface area is 204 Å². The van der Waals surface area contributed by atoms with Gasteiger partial charge in [0.25, 0.3) is 0 Å². The van der Waals surface area contributed by atoms with Crippen LogP contribution >= 0.6 is 11.8 Å². The van der Waals surface area contributed by atoms with Crippen molar-refractivity contribution in [2.45, 2.75) is 61.7 Å². The van der Waals surface area contributed by atoms with E-state index in [1.807, 2.05) is 0 Å². The predicted octanol–water partition coefficient (Wildman–Crippen LogP) is -6.42.